The first-order valence-corrected chi connectivity index (χ1v) is 5.83. The molecule has 0 aliphatic carbocycles. The Hall–Kier alpha value is -1.74. The summed E-state index contributed by atoms with van der Waals surface area (Å²) in [5.74, 6) is 0. The van der Waals surface area contributed by atoms with Gasteiger partial charge < -0.3 is 5.73 Å². The molecule has 0 bridgehead atoms. The molecule has 1 unspecified atom stereocenters. The third-order valence-electron chi connectivity index (χ3n) is 2.76. The highest BCUT2D eigenvalue weighted by Crippen LogP contribution is 2.16. The largest absolute Gasteiger partial charge is 0.324 e. The minimum absolute atomic E-state index is 0.0319. The molecule has 0 fully saturated rings. The number of nitrogens with zero attached hydrogens (tertiary/aromatic N) is 2. The Balaban J connectivity index is 1.96. The van der Waals surface area contributed by atoms with E-state index in [0.717, 1.165) is 29.7 Å². The second kappa shape index (κ2) is 5.55. The topological polar surface area (TPSA) is 51.8 Å². The van der Waals surface area contributed by atoms with Crippen LogP contribution < -0.4 is 5.73 Å². The number of hydrogen-bond acceptors (Lipinski definition) is 3. The van der Waals surface area contributed by atoms with Gasteiger partial charge in [-0.1, -0.05) is 12.1 Å². The van der Waals surface area contributed by atoms with E-state index >= 15 is 0 Å². The molecule has 2 heterocycles. The Bertz CT molecular complexity index is 468. The number of aryl methyl sites for hydroxylation is 2. The van der Waals surface area contributed by atoms with E-state index in [-0.39, 0.29) is 6.04 Å². The summed E-state index contributed by atoms with van der Waals surface area (Å²) in [5.41, 5.74) is 9.48. The predicted molar refractivity (Wildman–Crippen MR) is 68.5 cm³/mol. The van der Waals surface area contributed by atoms with Crippen molar-refractivity contribution in [1.29, 1.82) is 0 Å². The quantitative estimate of drug-likeness (QED) is 0.872. The third kappa shape index (κ3) is 3.36. The van der Waals surface area contributed by atoms with Crippen LogP contribution in [-0.2, 0) is 6.42 Å². The molecule has 2 aromatic heterocycles. The van der Waals surface area contributed by atoms with Gasteiger partial charge in [-0.2, -0.15) is 0 Å². The monoisotopic (exact) mass is 227 g/mol. The van der Waals surface area contributed by atoms with Crippen molar-refractivity contribution in [1.82, 2.24) is 9.97 Å². The van der Waals surface area contributed by atoms with Gasteiger partial charge in [0.15, 0.2) is 0 Å². The smallest absolute Gasteiger partial charge is 0.0404 e. The van der Waals surface area contributed by atoms with Crippen LogP contribution in [0.1, 0.15) is 29.3 Å². The van der Waals surface area contributed by atoms with Crippen LogP contribution >= 0.6 is 0 Å². The lowest BCUT2D eigenvalue weighted by Gasteiger charge is -2.11. The standard InChI is InChI=1S/C14H17N3/c1-11-8-12(10-16-9-11)14(15)6-5-13-4-2-3-7-17-13/h2-4,7-10,14H,5-6,15H2,1H3. The van der Waals surface area contributed by atoms with Crippen LogP contribution in [0.4, 0.5) is 0 Å². The SMILES string of the molecule is Cc1cncc(C(N)CCc2ccccn2)c1. The van der Waals surface area contributed by atoms with Crippen LogP contribution in [-0.4, -0.2) is 9.97 Å². The first kappa shape index (κ1) is 11.7. The second-order valence-electron chi connectivity index (χ2n) is 4.26. The van der Waals surface area contributed by atoms with Gasteiger partial charge >= 0.3 is 0 Å². The molecule has 0 saturated heterocycles. The fourth-order valence-corrected chi connectivity index (χ4v) is 1.80. The van der Waals surface area contributed by atoms with Crippen molar-refractivity contribution in [2.75, 3.05) is 0 Å². The van der Waals surface area contributed by atoms with Crippen LogP contribution in [0.5, 0.6) is 0 Å². The summed E-state index contributed by atoms with van der Waals surface area (Å²) >= 11 is 0. The Morgan fingerprint density at radius 1 is 1.29 bits per heavy atom. The molecule has 0 spiro atoms. The van der Waals surface area contributed by atoms with E-state index in [0.29, 0.717) is 0 Å². The lowest BCUT2D eigenvalue weighted by atomic mass is 10.0. The summed E-state index contributed by atoms with van der Waals surface area (Å²) in [7, 11) is 0. The number of pyridine rings is 2. The number of nitrogens with two attached hydrogens (primary N) is 1. The summed E-state index contributed by atoms with van der Waals surface area (Å²) in [5, 5.41) is 0. The minimum Gasteiger partial charge on any atom is -0.324 e. The molecule has 88 valence electrons. The van der Waals surface area contributed by atoms with Gasteiger partial charge in [0.1, 0.15) is 0 Å². The molecule has 0 amide bonds. The molecule has 0 saturated carbocycles. The number of rotatable bonds is 4. The molecule has 1 atom stereocenters. The van der Waals surface area contributed by atoms with E-state index in [1.165, 1.54) is 0 Å². The number of hydrogen-bond donors (Lipinski definition) is 1. The maximum atomic E-state index is 6.14. The van der Waals surface area contributed by atoms with Gasteiger partial charge in [-0.15, -0.1) is 0 Å². The first-order valence-electron chi connectivity index (χ1n) is 5.83. The summed E-state index contributed by atoms with van der Waals surface area (Å²) in [6.45, 7) is 2.03. The van der Waals surface area contributed by atoms with Crippen molar-refractivity contribution < 1.29 is 0 Å². The van der Waals surface area contributed by atoms with Gasteiger partial charge in [-0.3, -0.25) is 9.97 Å². The zero-order valence-corrected chi connectivity index (χ0v) is 10.0. The third-order valence-corrected chi connectivity index (χ3v) is 2.76. The lowest BCUT2D eigenvalue weighted by molar-refractivity contribution is 0.641. The molecule has 0 radical (unpaired) electrons. The highest BCUT2D eigenvalue weighted by Gasteiger charge is 2.07. The van der Waals surface area contributed by atoms with Crippen LogP contribution in [0, 0.1) is 6.92 Å². The molecule has 0 aromatic carbocycles. The fourth-order valence-electron chi connectivity index (χ4n) is 1.80. The maximum Gasteiger partial charge on any atom is 0.0404 e. The van der Waals surface area contributed by atoms with E-state index in [1.807, 2.05) is 43.7 Å². The Morgan fingerprint density at radius 3 is 2.88 bits per heavy atom. The molecule has 0 aliphatic rings. The van der Waals surface area contributed by atoms with Gasteiger partial charge in [0, 0.05) is 30.3 Å². The van der Waals surface area contributed by atoms with Crippen molar-refractivity contribution >= 4 is 0 Å². The summed E-state index contributed by atoms with van der Waals surface area (Å²) in [6, 6.07) is 8.08. The molecular weight excluding hydrogens is 210 g/mol. The van der Waals surface area contributed by atoms with Crippen molar-refractivity contribution in [3.05, 3.63) is 59.7 Å². The van der Waals surface area contributed by atoms with Gasteiger partial charge in [0.2, 0.25) is 0 Å². The molecule has 3 heteroatoms. The molecule has 2 N–H and O–H groups in total. The van der Waals surface area contributed by atoms with Gasteiger partial charge in [-0.05, 0) is 43.0 Å². The average molecular weight is 227 g/mol. The zero-order valence-electron chi connectivity index (χ0n) is 10.0. The van der Waals surface area contributed by atoms with Gasteiger partial charge in [-0.25, -0.2) is 0 Å². The average Bonchev–Trinajstić information content (AvgIpc) is 2.37. The summed E-state index contributed by atoms with van der Waals surface area (Å²) in [6.07, 6.45) is 7.29. The van der Waals surface area contributed by atoms with Crippen LogP contribution in [0.25, 0.3) is 0 Å². The van der Waals surface area contributed by atoms with Crippen LogP contribution in [0.3, 0.4) is 0 Å². The van der Waals surface area contributed by atoms with Crippen LogP contribution in [0.2, 0.25) is 0 Å². The summed E-state index contributed by atoms with van der Waals surface area (Å²) < 4.78 is 0. The highest BCUT2D eigenvalue weighted by atomic mass is 14.7. The molecule has 0 aliphatic heterocycles. The zero-order chi connectivity index (χ0) is 12.1. The van der Waals surface area contributed by atoms with Crippen molar-refractivity contribution in [2.24, 2.45) is 5.73 Å². The van der Waals surface area contributed by atoms with E-state index in [9.17, 15) is 0 Å². The molecular formula is C14H17N3. The second-order valence-corrected chi connectivity index (χ2v) is 4.26. The molecule has 3 nitrogen and oxygen atoms in total. The number of aromatic nitrogens is 2. The fraction of sp³-hybridized carbons (Fsp3) is 0.286. The van der Waals surface area contributed by atoms with E-state index in [2.05, 4.69) is 16.0 Å². The predicted octanol–water partition coefficient (Wildman–Crippen LogP) is 2.42. The van der Waals surface area contributed by atoms with E-state index in [4.69, 9.17) is 5.73 Å². The minimum atomic E-state index is 0.0319. The normalized spacial score (nSPS) is 12.4. The van der Waals surface area contributed by atoms with Crippen molar-refractivity contribution in [3.8, 4) is 0 Å². The van der Waals surface area contributed by atoms with E-state index < -0.39 is 0 Å². The first-order chi connectivity index (χ1) is 8.25. The van der Waals surface area contributed by atoms with Crippen molar-refractivity contribution in [3.63, 3.8) is 0 Å². The van der Waals surface area contributed by atoms with Gasteiger partial charge in [0.25, 0.3) is 0 Å². The Labute approximate surface area is 102 Å². The van der Waals surface area contributed by atoms with Crippen LogP contribution in [0.15, 0.2) is 42.9 Å². The molecule has 17 heavy (non-hydrogen) atoms. The Morgan fingerprint density at radius 2 is 2.18 bits per heavy atom. The molecule has 2 aromatic rings. The molecule has 2 rings (SSSR count). The van der Waals surface area contributed by atoms with Gasteiger partial charge in [0.05, 0.1) is 0 Å². The maximum absolute atomic E-state index is 6.14. The van der Waals surface area contributed by atoms with Crippen molar-refractivity contribution in [2.45, 2.75) is 25.8 Å². The Kier molecular flexibility index (Phi) is 3.83. The highest BCUT2D eigenvalue weighted by molar-refractivity contribution is 5.20. The van der Waals surface area contributed by atoms with E-state index in [1.54, 1.807) is 0 Å². The lowest BCUT2D eigenvalue weighted by Crippen LogP contribution is -2.12. The summed E-state index contributed by atoms with van der Waals surface area (Å²) in [4.78, 5) is 8.46.